The number of hydrogen-bond acceptors (Lipinski definition) is 6. The summed E-state index contributed by atoms with van der Waals surface area (Å²) < 4.78 is 23.0. The van der Waals surface area contributed by atoms with Gasteiger partial charge < -0.3 is 20.8 Å². The van der Waals surface area contributed by atoms with Crippen LogP contribution >= 0.6 is 0 Å². The van der Waals surface area contributed by atoms with E-state index in [4.69, 9.17) is 10.2 Å². The van der Waals surface area contributed by atoms with Crippen LogP contribution in [-0.2, 0) is 19.4 Å². The smallest absolute Gasteiger partial charge is 0.232 e. The first kappa shape index (κ1) is 16.9. The van der Waals surface area contributed by atoms with Crippen molar-refractivity contribution in [3.05, 3.63) is 0 Å². The minimum atomic E-state index is -3.21. The molecule has 1 unspecified atom stereocenters. The molecule has 1 heterocycles. The van der Waals surface area contributed by atoms with Crippen LogP contribution in [0.5, 0.6) is 0 Å². The van der Waals surface area contributed by atoms with E-state index in [-0.39, 0.29) is 44.2 Å². The maximum absolute atomic E-state index is 12.0. The molecule has 8 nitrogen and oxygen atoms in total. The summed E-state index contributed by atoms with van der Waals surface area (Å²) in [6.45, 7) is -0.524. The second-order valence-corrected chi connectivity index (χ2v) is 6.90. The number of aliphatic hydroxyl groups is 2. The van der Waals surface area contributed by atoms with Gasteiger partial charge in [-0.05, 0) is 12.3 Å². The Bertz CT molecular complexity index is 430. The summed E-state index contributed by atoms with van der Waals surface area (Å²) in [4.78, 5) is 23.9. The van der Waals surface area contributed by atoms with Crippen molar-refractivity contribution < 1.29 is 28.2 Å². The first-order chi connectivity index (χ1) is 9.41. The van der Waals surface area contributed by atoms with Crippen molar-refractivity contribution in [2.75, 3.05) is 37.8 Å². The van der Waals surface area contributed by atoms with Crippen LogP contribution in [0.3, 0.4) is 0 Å². The van der Waals surface area contributed by atoms with Gasteiger partial charge in [-0.1, -0.05) is 0 Å². The first-order valence-electron chi connectivity index (χ1n) is 6.39. The average molecular weight is 308 g/mol. The second kappa shape index (κ2) is 7.55. The lowest BCUT2D eigenvalue weighted by molar-refractivity contribution is -0.137. The molecular weight excluding hydrogens is 288 g/mol. The Morgan fingerprint density at radius 3 is 1.95 bits per heavy atom. The third kappa shape index (κ3) is 4.73. The molecule has 0 saturated carbocycles. The molecule has 1 saturated heterocycles. The van der Waals surface area contributed by atoms with Crippen molar-refractivity contribution in [1.29, 1.82) is 0 Å². The summed E-state index contributed by atoms with van der Waals surface area (Å²) in [6, 6.07) is 0. The third-order valence-electron chi connectivity index (χ3n) is 3.13. The molecule has 9 heteroatoms. The Morgan fingerprint density at radius 1 is 1.10 bits per heavy atom. The number of rotatable bonds is 7. The Balaban J connectivity index is 2.78. The highest BCUT2D eigenvalue weighted by Gasteiger charge is 2.41. The molecule has 1 fully saturated rings. The van der Waals surface area contributed by atoms with E-state index >= 15 is 0 Å². The van der Waals surface area contributed by atoms with Gasteiger partial charge in [0, 0.05) is 13.1 Å². The maximum atomic E-state index is 12.0. The van der Waals surface area contributed by atoms with Crippen molar-refractivity contribution in [2.24, 2.45) is 11.8 Å². The van der Waals surface area contributed by atoms with E-state index in [1.165, 1.54) is 0 Å². The molecule has 2 amide bonds. The Hall–Kier alpha value is -1.19. The summed E-state index contributed by atoms with van der Waals surface area (Å²) >= 11 is 0. The molecule has 20 heavy (non-hydrogen) atoms. The molecule has 0 aromatic rings. The largest absolute Gasteiger partial charge is 0.395 e. The number of carbonyl (C=O) groups excluding carboxylic acids is 2. The van der Waals surface area contributed by atoms with E-state index in [9.17, 15) is 18.0 Å². The molecule has 0 aromatic carbocycles. The van der Waals surface area contributed by atoms with Crippen molar-refractivity contribution in [1.82, 2.24) is 10.6 Å². The molecule has 0 radical (unpaired) electrons. The first-order valence-corrected chi connectivity index (χ1v) is 8.21. The van der Waals surface area contributed by atoms with E-state index in [1.807, 2.05) is 0 Å². The maximum Gasteiger partial charge on any atom is 0.232 e. The Labute approximate surface area is 117 Å². The van der Waals surface area contributed by atoms with E-state index in [1.54, 1.807) is 0 Å². The molecule has 0 spiro atoms. The number of hydrogen-bond donors (Lipinski definition) is 4. The molecule has 0 bridgehead atoms. The fourth-order valence-corrected chi connectivity index (χ4v) is 4.05. The number of sulfone groups is 1. The van der Waals surface area contributed by atoms with E-state index in [0.717, 1.165) is 0 Å². The summed E-state index contributed by atoms with van der Waals surface area (Å²) in [5.74, 6) is -3.12. The van der Waals surface area contributed by atoms with Crippen molar-refractivity contribution in [2.45, 2.75) is 6.42 Å². The van der Waals surface area contributed by atoms with Crippen molar-refractivity contribution in [3.8, 4) is 0 Å². The lowest BCUT2D eigenvalue weighted by Crippen LogP contribution is -2.46. The minimum Gasteiger partial charge on any atom is -0.395 e. The topological polar surface area (TPSA) is 133 Å². The van der Waals surface area contributed by atoms with Crippen LogP contribution in [0.4, 0.5) is 0 Å². The summed E-state index contributed by atoms with van der Waals surface area (Å²) in [5.41, 5.74) is 0. The Kier molecular flexibility index (Phi) is 6.37. The normalized spacial score (nSPS) is 20.9. The summed E-state index contributed by atoms with van der Waals surface area (Å²) in [5, 5.41) is 22.1. The minimum absolute atomic E-state index is 0.00207. The van der Waals surface area contributed by atoms with Crippen LogP contribution in [0.2, 0.25) is 0 Å². The van der Waals surface area contributed by atoms with Crippen LogP contribution in [-0.4, -0.2) is 68.3 Å². The van der Waals surface area contributed by atoms with Gasteiger partial charge in [-0.3, -0.25) is 9.59 Å². The van der Waals surface area contributed by atoms with Gasteiger partial charge in [-0.15, -0.1) is 0 Å². The lowest BCUT2D eigenvalue weighted by atomic mass is 9.90. The summed E-state index contributed by atoms with van der Waals surface area (Å²) in [7, 11) is -3.21. The number of carbonyl (C=O) groups is 2. The predicted molar refractivity (Wildman–Crippen MR) is 70.4 cm³/mol. The molecule has 4 N–H and O–H groups in total. The van der Waals surface area contributed by atoms with E-state index in [2.05, 4.69) is 10.6 Å². The number of aliphatic hydroxyl groups excluding tert-OH is 2. The van der Waals surface area contributed by atoms with Crippen LogP contribution < -0.4 is 10.6 Å². The summed E-state index contributed by atoms with van der Waals surface area (Å²) in [6.07, 6.45) is 0.256. The van der Waals surface area contributed by atoms with Gasteiger partial charge in [0.25, 0.3) is 0 Å². The highest BCUT2D eigenvalue weighted by atomic mass is 32.2. The lowest BCUT2D eigenvalue weighted by Gasteiger charge is -2.20. The zero-order chi connectivity index (χ0) is 15.2. The number of nitrogens with one attached hydrogen (secondary N) is 2. The Morgan fingerprint density at radius 2 is 1.60 bits per heavy atom. The highest BCUT2D eigenvalue weighted by Crippen LogP contribution is 2.26. The van der Waals surface area contributed by atoms with Crippen LogP contribution in [0.25, 0.3) is 0 Å². The van der Waals surface area contributed by atoms with Gasteiger partial charge in [0.1, 0.15) is 5.92 Å². The zero-order valence-corrected chi connectivity index (χ0v) is 11.9. The third-order valence-corrected chi connectivity index (χ3v) is 4.92. The zero-order valence-electron chi connectivity index (χ0n) is 11.0. The molecule has 1 atom stereocenters. The SMILES string of the molecule is O=C(NCCO)C(C(=O)NCCO)C1CCS(=O)(=O)C1. The van der Waals surface area contributed by atoms with Gasteiger partial charge in [-0.2, -0.15) is 0 Å². The quantitative estimate of drug-likeness (QED) is 0.377. The molecule has 0 aromatic heterocycles. The molecule has 116 valence electrons. The fraction of sp³-hybridized carbons (Fsp3) is 0.818. The van der Waals surface area contributed by atoms with Gasteiger partial charge in [0.2, 0.25) is 11.8 Å². The molecule has 1 aliphatic rings. The van der Waals surface area contributed by atoms with Crippen LogP contribution in [0, 0.1) is 11.8 Å². The molecule has 1 rings (SSSR count). The van der Waals surface area contributed by atoms with Gasteiger partial charge in [-0.25, -0.2) is 8.42 Å². The molecular formula is C11H20N2O6S. The highest BCUT2D eigenvalue weighted by molar-refractivity contribution is 7.91. The van der Waals surface area contributed by atoms with E-state index in [0.29, 0.717) is 0 Å². The van der Waals surface area contributed by atoms with Gasteiger partial charge >= 0.3 is 0 Å². The monoisotopic (exact) mass is 308 g/mol. The predicted octanol–water partition coefficient (Wildman–Crippen LogP) is -2.75. The standard InChI is InChI=1S/C11H20N2O6S/c14-4-2-12-10(16)9(11(17)13-3-5-15)8-1-6-20(18,19)7-8/h8-9,14-15H,1-7H2,(H,12,16)(H,13,17). The van der Waals surface area contributed by atoms with Crippen molar-refractivity contribution >= 4 is 21.7 Å². The fourth-order valence-electron chi connectivity index (χ4n) is 2.21. The van der Waals surface area contributed by atoms with Crippen molar-refractivity contribution in [3.63, 3.8) is 0 Å². The molecule has 0 aliphatic carbocycles. The van der Waals surface area contributed by atoms with Crippen LogP contribution in [0.15, 0.2) is 0 Å². The molecule has 1 aliphatic heterocycles. The van der Waals surface area contributed by atoms with Crippen LogP contribution in [0.1, 0.15) is 6.42 Å². The number of amides is 2. The van der Waals surface area contributed by atoms with Gasteiger partial charge in [0.15, 0.2) is 9.84 Å². The van der Waals surface area contributed by atoms with Gasteiger partial charge in [0.05, 0.1) is 24.7 Å². The second-order valence-electron chi connectivity index (χ2n) is 4.67. The average Bonchev–Trinajstić information content (AvgIpc) is 2.74. The van der Waals surface area contributed by atoms with E-state index < -0.39 is 33.5 Å².